The first-order valence-corrected chi connectivity index (χ1v) is 8.73. The van der Waals surface area contributed by atoms with Crippen molar-refractivity contribution in [1.82, 2.24) is 9.88 Å². The molecule has 1 aliphatic rings. The van der Waals surface area contributed by atoms with Crippen LogP contribution in [0.1, 0.15) is 36.9 Å². The number of benzene rings is 1. The lowest BCUT2D eigenvalue weighted by molar-refractivity contribution is -0.146. The summed E-state index contributed by atoms with van der Waals surface area (Å²) in [5, 5.41) is 2.61. The molecule has 136 valence electrons. The first kappa shape index (κ1) is 18.0. The standard InChI is InChI=1S/C20H22FN3O2/c1-13-6-7-18(15-4-3-5-16(21)9-15)24(12-13)20(26)19(25)23-17-8-14(2)10-22-11-17/h3-5,8-11,13,18H,6-7,12H2,1-2H3,(H,23,25)/t13-,18?/m0/s1. The van der Waals surface area contributed by atoms with Crippen molar-refractivity contribution in [3.63, 3.8) is 0 Å². The largest absolute Gasteiger partial charge is 0.327 e. The topological polar surface area (TPSA) is 62.3 Å². The van der Waals surface area contributed by atoms with E-state index in [-0.39, 0.29) is 17.8 Å². The second-order valence-corrected chi connectivity index (χ2v) is 6.92. The molecule has 0 spiro atoms. The van der Waals surface area contributed by atoms with E-state index in [1.165, 1.54) is 18.3 Å². The Labute approximate surface area is 152 Å². The Kier molecular flexibility index (Phi) is 5.30. The number of hydrogen-bond acceptors (Lipinski definition) is 3. The number of aryl methyl sites for hydroxylation is 1. The zero-order valence-electron chi connectivity index (χ0n) is 14.9. The number of aromatic nitrogens is 1. The van der Waals surface area contributed by atoms with Crippen molar-refractivity contribution in [1.29, 1.82) is 0 Å². The summed E-state index contributed by atoms with van der Waals surface area (Å²) >= 11 is 0. The monoisotopic (exact) mass is 355 g/mol. The number of hydrogen-bond donors (Lipinski definition) is 1. The number of carbonyl (C=O) groups excluding carboxylic acids is 2. The summed E-state index contributed by atoms with van der Waals surface area (Å²) in [5.74, 6) is -1.36. The van der Waals surface area contributed by atoms with Crippen LogP contribution in [0, 0.1) is 18.7 Å². The summed E-state index contributed by atoms with van der Waals surface area (Å²) in [6.07, 6.45) is 4.80. The van der Waals surface area contributed by atoms with Crippen molar-refractivity contribution in [3.05, 3.63) is 59.7 Å². The zero-order chi connectivity index (χ0) is 18.7. The minimum atomic E-state index is -0.701. The van der Waals surface area contributed by atoms with Crippen LogP contribution in [0.3, 0.4) is 0 Å². The van der Waals surface area contributed by atoms with Crippen molar-refractivity contribution < 1.29 is 14.0 Å². The molecule has 1 aliphatic heterocycles. The molecule has 1 unspecified atom stereocenters. The molecule has 2 aromatic rings. The molecule has 2 atom stereocenters. The molecule has 3 rings (SSSR count). The molecule has 2 heterocycles. The third kappa shape index (κ3) is 4.07. The molecule has 0 radical (unpaired) electrons. The molecule has 1 fully saturated rings. The fraction of sp³-hybridized carbons (Fsp3) is 0.350. The Hall–Kier alpha value is -2.76. The third-order valence-corrected chi connectivity index (χ3v) is 4.64. The van der Waals surface area contributed by atoms with Crippen LogP contribution < -0.4 is 5.32 Å². The Morgan fingerprint density at radius 3 is 2.77 bits per heavy atom. The molecular weight excluding hydrogens is 333 g/mol. The molecule has 1 aromatic carbocycles. The van der Waals surface area contributed by atoms with E-state index in [1.807, 2.05) is 13.8 Å². The number of pyridine rings is 1. The summed E-state index contributed by atoms with van der Waals surface area (Å²) in [4.78, 5) is 30.8. The maximum atomic E-state index is 13.6. The van der Waals surface area contributed by atoms with Crippen molar-refractivity contribution in [2.24, 2.45) is 5.92 Å². The highest BCUT2D eigenvalue weighted by atomic mass is 19.1. The number of nitrogens with one attached hydrogen (secondary N) is 1. The van der Waals surface area contributed by atoms with Crippen molar-refractivity contribution in [2.45, 2.75) is 32.7 Å². The Morgan fingerprint density at radius 1 is 1.23 bits per heavy atom. The van der Waals surface area contributed by atoms with Gasteiger partial charge < -0.3 is 10.2 Å². The van der Waals surface area contributed by atoms with E-state index in [9.17, 15) is 14.0 Å². The zero-order valence-corrected chi connectivity index (χ0v) is 14.9. The molecule has 0 saturated carbocycles. The van der Waals surface area contributed by atoms with Gasteiger partial charge in [0.1, 0.15) is 5.82 Å². The summed E-state index contributed by atoms with van der Waals surface area (Å²) in [6, 6.07) is 7.69. The Balaban J connectivity index is 1.80. The molecule has 6 heteroatoms. The highest BCUT2D eigenvalue weighted by Gasteiger charge is 2.34. The molecule has 1 aromatic heterocycles. The molecule has 2 amide bonds. The number of rotatable bonds is 2. The minimum Gasteiger partial charge on any atom is -0.327 e. The summed E-state index contributed by atoms with van der Waals surface area (Å²) in [7, 11) is 0. The minimum absolute atomic E-state index is 0.289. The molecule has 1 saturated heterocycles. The number of halogens is 1. The van der Waals surface area contributed by atoms with E-state index in [0.29, 0.717) is 18.7 Å². The van der Waals surface area contributed by atoms with Gasteiger partial charge in [0.05, 0.1) is 17.9 Å². The fourth-order valence-corrected chi connectivity index (χ4v) is 3.38. The maximum Gasteiger partial charge on any atom is 0.313 e. The van der Waals surface area contributed by atoms with E-state index in [2.05, 4.69) is 10.3 Å². The van der Waals surface area contributed by atoms with Crippen LogP contribution in [0.5, 0.6) is 0 Å². The van der Waals surface area contributed by atoms with Gasteiger partial charge in [-0.15, -0.1) is 0 Å². The number of amides is 2. The Morgan fingerprint density at radius 2 is 2.04 bits per heavy atom. The molecule has 0 aliphatic carbocycles. The molecular formula is C20H22FN3O2. The summed E-state index contributed by atoms with van der Waals surface area (Å²) in [6.45, 7) is 4.38. The predicted molar refractivity (Wildman–Crippen MR) is 96.9 cm³/mol. The van der Waals surface area contributed by atoms with Crippen molar-refractivity contribution in [3.8, 4) is 0 Å². The highest BCUT2D eigenvalue weighted by Crippen LogP contribution is 2.33. The normalized spacial score (nSPS) is 19.9. The second kappa shape index (κ2) is 7.64. The van der Waals surface area contributed by atoms with E-state index < -0.39 is 11.8 Å². The lowest BCUT2D eigenvalue weighted by Crippen LogP contribution is -2.46. The first-order chi connectivity index (χ1) is 12.4. The van der Waals surface area contributed by atoms with Gasteiger partial charge >= 0.3 is 11.8 Å². The molecule has 26 heavy (non-hydrogen) atoms. The van der Waals surface area contributed by atoms with Gasteiger partial charge in [0, 0.05) is 12.7 Å². The number of likely N-dealkylation sites (tertiary alicyclic amines) is 1. The van der Waals surface area contributed by atoms with E-state index >= 15 is 0 Å². The fourth-order valence-electron chi connectivity index (χ4n) is 3.38. The average Bonchev–Trinajstić information content (AvgIpc) is 2.61. The van der Waals surface area contributed by atoms with Crippen LogP contribution in [-0.2, 0) is 9.59 Å². The van der Waals surface area contributed by atoms with Gasteiger partial charge in [-0.2, -0.15) is 0 Å². The summed E-state index contributed by atoms with van der Waals surface area (Å²) < 4.78 is 13.6. The van der Waals surface area contributed by atoms with Crippen LogP contribution in [0.2, 0.25) is 0 Å². The van der Waals surface area contributed by atoms with Gasteiger partial charge in [0.15, 0.2) is 0 Å². The number of piperidine rings is 1. The quantitative estimate of drug-likeness (QED) is 0.839. The van der Waals surface area contributed by atoms with E-state index in [1.54, 1.807) is 29.3 Å². The van der Waals surface area contributed by atoms with Crippen LogP contribution in [-0.4, -0.2) is 28.2 Å². The van der Waals surface area contributed by atoms with Crippen LogP contribution in [0.4, 0.5) is 10.1 Å². The smallest absolute Gasteiger partial charge is 0.313 e. The maximum absolute atomic E-state index is 13.6. The highest BCUT2D eigenvalue weighted by molar-refractivity contribution is 6.39. The van der Waals surface area contributed by atoms with Crippen molar-refractivity contribution >= 4 is 17.5 Å². The number of nitrogens with zero attached hydrogens (tertiary/aromatic N) is 2. The predicted octanol–water partition coefficient (Wildman–Crippen LogP) is 3.47. The Bertz CT molecular complexity index is 824. The van der Waals surface area contributed by atoms with Gasteiger partial charge in [-0.05, 0) is 55.0 Å². The lowest BCUT2D eigenvalue weighted by Gasteiger charge is -2.38. The number of carbonyl (C=O) groups is 2. The first-order valence-electron chi connectivity index (χ1n) is 8.73. The van der Waals surface area contributed by atoms with Gasteiger partial charge in [0.25, 0.3) is 0 Å². The van der Waals surface area contributed by atoms with E-state index in [0.717, 1.165) is 17.5 Å². The van der Waals surface area contributed by atoms with Gasteiger partial charge in [0.2, 0.25) is 0 Å². The van der Waals surface area contributed by atoms with Gasteiger partial charge in [-0.3, -0.25) is 14.6 Å². The van der Waals surface area contributed by atoms with Gasteiger partial charge in [-0.25, -0.2) is 4.39 Å². The molecule has 0 bridgehead atoms. The average molecular weight is 355 g/mol. The van der Waals surface area contributed by atoms with Crippen LogP contribution in [0.15, 0.2) is 42.7 Å². The number of anilines is 1. The molecule has 1 N–H and O–H groups in total. The lowest BCUT2D eigenvalue weighted by atomic mass is 9.89. The third-order valence-electron chi connectivity index (χ3n) is 4.64. The second-order valence-electron chi connectivity index (χ2n) is 6.92. The van der Waals surface area contributed by atoms with Gasteiger partial charge in [-0.1, -0.05) is 19.1 Å². The molecule has 5 nitrogen and oxygen atoms in total. The van der Waals surface area contributed by atoms with E-state index in [4.69, 9.17) is 0 Å². The van der Waals surface area contributed by atoms with Crippen LogP contribution >= 0.6 is 0 Å². The SMILES string of the molecule is Cc1cncc(NC(=O)C(=O)N2C[C@@H](C)CCC2c2cccc(F)c2)c1. The van der Waals surface area contributed by atoms with Crippen LogP contribution in [0.25, 0.3) is 0 Å². The van der Waals surface area contributed by atoms with Crippen molar-refractivity contribution in [2.75, 3.05) is 11.9 Å². The summed E-state index contributed by atoms with van der Waals surface area (Å²) in [5.41, 5.74) is 2.09.